The molecule has 348 valence electrons. The number of carboxylic acid groups (broad SMARTS) is 1. The monoisotopic (exact) mass is 887 g/mol. The lowest BCUT2D eigenvalue weighted by Gasteiger charge is -2.57. The van der Waals surface area contributed by atoms with E-state index in [4.69, 9.17) is 18.9 Å². The molecule has 3 fully saturated rings. The Balaban J connectivity index is 1.26. The number of ketones is 1. The SMILES string of the molecule is COc1cc(C)c(C(=O)N[C@@H]2[C@H](C)O[C@H](O[C@@H]3CC[C@H](C)[C@@H]4[C@@H]3C=C(C)[C@@H]3/C(C)=C/CC/C(C)=C/[C@]5(C)C=C(C(=O)O)[C@H](C)C[C@@]56OC(=O)C(=C(O)[C@@]43C)C6=O)[C@H](O)[C@@]2(C)O)c(O)c1. The van der Waals surface area contributed by atoms with E-state index in [1.807, 2.05) is 33.8 Å². The summed E-state index contributed by atoms with van der Waals surface area (Å²) in [5, 5.41) is 60.3. The molecule has 2 bridgehead atoms. The summed E-state index contributed by atoms with van der Waals surface area (Å²) in [5.41, 5.74) is -3.52. The first-order valence-corrected chi connectivity index (χ1v) is 22.5. The summed E-state index contributed by atoms with van der Waals surface area (Å²) in [5.74, 6) is -5.78. The number of fused-ring (bicyclic) bond motifs is 4. The molecule has 1 saturated carbocycles. The van der Waals surface area contributed by atoms with Crippen molar-refractivity contribution in [1.82, 2.24) is 5.32 Å². The van der Waals surface area contributed by atoms with Crippen molar-refractivity contribution >= 4 is 23.6 Å². The van der Waals surface area contributed by atoms with Gasteiger partial charge in [-0.1, -0.05) is 61.8 Å². The molecular formula is C50H65NO13. The second-order valence-electron chi connectivity index (χ2n) is 20.2. The number of aromatic hydroxyl groups is 1. The molecule has 2 aliphatic heterocycles. The van der Waals surface area contributed by atoms with Crippen molar-refractivity contribution in [2.45, 2.75) is 143 Å². The van der Waals surface area contributed by atoms with Crippen LogP contribution in [0.5, 0.6) is 11.5 Å². The third-order valence-electron chi connectivity index (χ3n) is 15.7. The van der Waals surface area contributed by atoms with Gasteiger partial charge in [-0.2, -0.15) is 0 Å². The number of rotatable bonds is 6. The van der Waals surface area contributed by atoms with Gasteiger partial charge in [-0.05, 0) is 104 Å². The van der Waals surface area contributed by atoms with Gasteiger partial charge in [0, 0.05) is 35.3 Å². The Morgan fingerprint density at radius 1 is 0.969 bits per heavy atom. The molecule has 14 heteroatoms. The number of esters is 1. The summed E-state index contributed by atoms with van der Waals surface area (Å²) < 4.78 is 24.4. The fourth-order valence-electron chi connectivity index (χ4n) is 12.7. The first-order valence-electron chi connectivity index (χ1n) is 22.5. The summed E-state index contributed by atoms with van der Waals surface area (Å²) in [6, 6.07) is 1.78. The number of hydrogen-bond donors (Lipinski definition) is 6. The zero-order chi connectivity index (χ0) is 47.2. The minimum absolute atomic E-state index is 0.0168. The summed E-state index contributed by atoms with van der Waals surface area (Å²) in [6.45, 7) is 18.0. The highest BCUT2D eigenvalue weighted by Gasteiger charge is 2.67. The second-order valence-corrected chi connectivity index (χ2v) is 20.2. The zero-order valence-corrected chi connectivity index (χ0v) is 38.8. The van der Waals surface area contributed by atoms with E-state index in [-0.39, 0.29) is 35.0 Å². The third-order valence-corrected chi connectivity index (χ3v) is 15.7. The van der Waals surface area contributed by atoms with Gasteiger partial charge in [-0.3, -0.25) is 9.59 Å². The standard InChI is InChI=1S/C50H65NO13/c1-23-13-12-14-24(2)37-27(5)18-31-34(63-46-42(55)49(10,60)39(29(7)62-46)51-43(56)35-26(4)17-30(61-11)19-33(35)52)16-15-25(3)38(31)48(37,9)40(53)36-41(54)50(64-45(36)59)21-28(6)32(44(57)58)22-47(50,8)20-23/h14,17-20,22,25,28-29,31,34,37-39,42,46,52-53,55,60H,12-13,15-16,21H2,1-11H3,(H,51,56)(H,57,58)/b23-20+,24-14+,40-36?/t25-,28+,29-,31+,34+,37-,38+,39+,42-,46+,47+,48+,49-,50-/m0/s1. The Morgan fingerprint density at radius 3 is 2.30 bits per heavy atom. The number of phenolic OH excluding ortho intramolecular Hbond substituents is 1. The molecule has 2 saturated heterocycles. The van der Waals surface area contributed by atoms with Crippen LogP contribution in [-0.4, -0.2) is 98.1 Å². The van der Waals surface area contributed by atoms with E-state index in [1.54, 1.807) is 39.8 Å². The van der Waals surface area contributed by atoms with E-state index in [1.165, 1.54) is 20.1 Å². The number of carbonyl (C=O) groups excluding carboxylic acids is 3. The smallest absolute Gasteiger partial charge is 0.346 e. The molecule has 1 spiro atoms. The van der Waals surface area contributed by atoms with Crippen LogP contribution < -0.4 is 10.1 Å². The molecule has 0 aromatic heterocycles. The Bertz CT molecular complexity index is 2280. The maximum Gasteiger partial charge on any atom is 0.346 e. The average Bonchev–Trinajstić information content (AvgIpc) is 3.45. The molecule has 1 aromatic rings. The number of allylic oxidation sites excluding steroid dienone is 5. The van der Waals surface area contributed by atoms with Gasteiger partial charge < -0.3 is 49.8 Å². The second kappa shape index (κ2) is 16.6. The fourth-order valence-corrected chi connectivity index (χ4v) is 12.7. The number of methoxy groups -OCH3 is 1. The quantitative estimate of drug-likeness (QED) is 0.0995. The van der Waals surface area contributed by atoms with Crippen LogP contribution >= 0.6 is 0 Å². The van der Waals surface area contributed by atoms with Crippen molar-refractivity contribution in [3.8, 4) is 11.5 Å². The number of nitrogens with one attached hydrogen (secondary N) is 1. The number of hydrogen-bond acceptors (Lipinski definition) is 12. The van der Waals surface area contributed by atoms with Crippen molar-refractivity contribution in [1.29, 1.82) is 0 Å². The molecule has 1 amide bonds. The summed E-state index contributed by atoms with van der Waals surface area (Å²) in [6.07, 6.45) is 5.40. The summed E-state index contributed by atoms with van der Waals surface area (Å²) in [4.78, 5) is 55.6. The molecule has 2 heterocycles. The number of phenols is 1. The lowest BCUT2D eigenvalue weighted by atomic mass is 9.49. The number of benzene rings is 1. The van der Waals surface area contributed by atoms with Crippen LogP contribution in [0.4, 0.5) is 0 Å². The Morgan fingerprint density at radius 2 is 1.66 bits per heavy atom. The largest absolute Gasteiger partial charge is 0.511 e. The summed E-state index contributed by atoms with van der Waals surface area (Å²) in [7, 11) is 1.44. The third kappa shape index (κ3) is 7.32. The molecule has 14 atom stereocenters. The molecule has 6 aliphatic rings. The Kier molecular flexibility index (Phi) is 12.2. The van der Waals surface area contributed by atoms with Gasteiger partial charge in [0.05, 0.1) is 36.3 Å². The molecule has 6 N–H and O–H groups in total. The fraction of sp³-hybridized carbons (Fsp3) is 0.600. The van der Waals surface area contributed by atoms with Crippen molar-refractivity contribution in [2.75, 3.05) is 7.11 Å². The number of aliphatic hydroxyl groups excluding tert-OH is 2. The highest BCUT2D eigenvalue weighted by Crippen LogP contribution is 2.62. The number of ether oxygens (including phenoxy) is 4. The van der Waals surface area contributed by atoms with Gasteiger partial charge in [0.1, 0.15) is 34.5 Å². The highest BCUT2D eigenvalue weighted by molar-refractivity contribution is 6.26. The predicted molar refractivity (Wildman–Crippen MR) is 235 cm³/mol. The van der Waals surface area contributed by atoms with Crippen molar-refractivity contribution < 1.29 is 63.7 Å². The maximum absolute atomic E-state index is 15.2. The molecular weight excluding hydrogens is 823 g/mol. The van der Waals surface area contributed by atoms with E-state index < -0.39 is 106 Å². The van der Waals surface area contributed by atoms with Crippen LogP contribution in [-0.2, 0) is 28.6 Å². The van der Waals surface area contributed by atoms with Gasteiger partial charge in [-0.25, -0.2) is 9.59 Å². The molecule has 1 aromatic carbocycles. The molecule has 0 unspecified atom stereocenters. The van der Waals surface area contributed by atoms with Crippen molar-refractivity contribution in [2.24, 2.45) is 40.4 Å². The van der Waals surface area contributed by atoms with Gasteiger partial charge in [0.25, 0.3) is 5.91 Å². The number of carboxylic acids is 1. The number of aryl methyl sites for hydroxylation is 1. The van der Waals surface area contributed by atoms with E-state index >= 15 is 4.79 Å². The van der Waals surface area contributed by atoms with Gasteiger partial charge in [0.2, 0.25) is 5.78 Å². The Hall–Kier alpha value is -4.76. The van der Waals surface area contributed by atoms with Crippen molar-refractivity contribution in [3.63, 3.8) is 0 Å². The predicted octanol–water partition coefficient (Wildman–Crippen LogP) is 6.71. The number of amides is 1. The molecule has 64 heavy (non-hydrogen) atoms. The molecule has 4 aliphatic carbocycles. The van der Waals surface area contributed by atoms with Crippen LogP contribution in [0.15, 0.2) is 70.1 Å². The first kappa shape index (κ1) is 47.2. The van der Waals surface area contributed by atoms with E-state index in [9.17, 15) is 39.9 Å². The summed E-state index contributed by atoms with van der Waals surface area (Å²) >= 11 is 0. The number of aliphatic carboxylic acids is 1. The molecule has 7 rings (SSSR count). The molecule has 0 radical (unpaired) electrons. The minimum Gasteiger partial charge on any atom is -0.511 e. The van der Waals surface area contributed by atoms with Crippen LogP contribution in [0.25, 0.3) is 0 Å². The van der Waals surface area contributed by atoms with E-state index in [0.717, 1.165) is 16.7 Å². The minimum atomic E-state index is -1.97. The van der Waals surface area contributed by atoms with Crippen LogP contribution in [0.1, 0.15) is 110 Å². The van der Waals surface area contributed by atoms with Gasteiger partial charge in [0.15, 0.2) is 11.9 Å². The molecule has 14 nitrogen and oxygen atoms in total. The maximum atomic E-state index is 15.2. The van der Waals surface area contributed by atoms with Crippen LogP contribution in [0.3, 0.4) is 0 Å². The van der Waals surface area contributed by atoms with Crippen LogP contribution in [0, 0.1) is 47.3 Å². The van der Waals surface area contributed by atoms with Crippen LogP contribution in [0.2, 0.25) is 0 Å². The van der Waals surface area contributed by atoms with Gasteiger partial charge in [-0.15, -0.1) is 0 Å². The zero-order valence-electron chi connectivity index (χ0n) is 38.8. The lowest BCUT2D eigenvalue weighted by molar-refractivity contribution is -0.315. The lowest BCUT2D eigenvalue weighted by Crippen LogP contribution is -2.70. The normalized spacial score (nSPS) is 41.7. The first-order chi connectivity index (χ1) is 29.8. The topological polar surface area (TPSA) is 218 Å². The van der Waals surface area contributed by atoms with Crippen molar-refractivity contribution in [3.05, 3.63) is 81.2 Å². The van der Waals surface area contributed by atoms with E-state index in [0.29, 0.717) is 37.0 Å². The van der Waals surface area contributed by atoms with E-state index in [2.05, 4.69) is 24.4 Å². The Labute approximate surface area is 375 Å². The number of aliphatic hydroxyl groups is 3. The number of carbonyl (C=O) groups is 4. The highest BCUT2D eigenvalue weighted by atomic mass is 16.7. The van der Waals surface area contributed by atoms with Gasteiger partial charge >= 0.3 is 11.9 Å². The average molecular weight is 888 g/mol. The number of Topliss-reactive ketones (excluding diaryl/α,β-unsaturated/α-hetero) is 1.